The Kier molecular flexibility index (Phi) is 5.95. The Morgan fingerprint density at radius 2 is 1.90 bits per heavy atom. The average Bonchev–Trinajstić information content (AvgIpc) is 2.93. The van der Waals surface area contributed by atoms with Gasteiger partial charge < -0.3 is 5.32 Å². The van der Waals surface area contributed by atoms with Crippen molar-refractivity contribution >= 4 is 21.6 Å². The predicted octanol–water partition coefficient (Wildman–Crippen LogP) is 0.976. The van der Waals surface area contributed by atoms with Gasteiger partial charge in [0.1, 0.15) is 12.4 Å². The number of benzene rings is 1. The summed E-state index contributed by atoms with van der Waals surface area (Å²) < 4.78 is 27.4. The van der Waals surface area contributed by atoms with Gasteiger partial charge in [-0.05, 0) is 43.9 Å². The minimum absolute atomic E-state index is 0.0194. The second-order valence-electron chi connectivity index (χ2n) is 7.59. The third kappa shape index (κ3) is 4.59. The number of hydrogen-bond donors (Lipinski definition) is 1. The number of piperidine rings is 1. The number of rotatable bonds is 5. The maximum absolute atomic E-state index is 12.5. The molecule has 0 saturated carbocycles. The molecule has 0 unspecified atom stereocenters. The van der Waals surface area contributed by atoms with E-state index in [0.717, 1.165) is 11.1 Å². The smallest absolute Gasteiger partial charge is 0.324 e. The van der Waals surface area contributed by atoms with Gasteiger partial charge in [-0.3, -0.25) is 9.36 Å². The van der Waals surface area contributed by atoms with E-state index in [4.69, 9.17) is 0 Å². The Morgan fingerprint density at radius 3 is 2.52 bits per heavy atom. The molecule has 10 heteroatoms. The fourth-order valence-corrected chi connectivity index (χ4v) is 4.50. The number of hydrogen-bond acceptors (Lipinski definition) is 5. The molecule has 2 heterocycles. The number of aryl methyl sites for hydroxylation is 1. The van der Waals surface area contributed by atoms with Gasteiger partial charge in [0.05, 0.1) is 6.26 Å². The lowest BCUT2D eigenvalue weighted by atomic mass is 9.97. The number of carbonyl (C=O) groups is 1. The summed E-state index contributed by atoms with van der Waals surface area (Å²) in [6, 6.07) is 5.66. The van der Waals surface area contributed by atoms with E-state index in [9.17, 15) is 18.0 Å². The summed E-state index contributed by atoms with van der Waals surface area (Å²) in [6.07, 6.45) is 2.38. The molecule has 1 aliphatic heterocycles. The largest absolute Gasteiger partial charge is 0.346 e. The van der Waals surface area contributed by atoms with Crippen molar-refractivity contribution in [1.82, 2.24) is 18.7 Å². The Balaban J connectivity index is 1.72. The van der Waals surface area contributed by atoms with E-state index in [2.05, 4.69) is 10.4 Å². The standard InChI is InChI=1S/C19H27N5O4S/c1-13-6-5-7-16(14(13)2)20-17(25)12-24-19(26)22(3)18(21-24)15-8-10-23(11-9-15)29(4,27)28/h5-7,15H,8-12H2,1-4H3,(H,20,25). The molecule has 0 spiro atoms. The molecule has 1 saturated heterocycles. The molecule has 2 aromatic rings. The van der Waals surface area contributed by atoms with E-state index in [1.165, 1.54) is 19.8 Å². The van der Waals surface area contributed by atoms with Gasteiger partial charge in [0.2, 0.25) is 15.9 Å². The van der Waals surface area contributed by atoms with Gasteiger partial charge in [-0.25, -0.2) is 22.2 Å². The molecule has 1 amide bonds. The molecule has 1 fully saturated rings. The number of sulfonamides is 1. The Hall–Kier alpha value is -2.46. The van der Waals surface area contributed by atoms with Gasteiger partial charge in [-0.2, -0.15) is 5.10 Å². The number of nitrogens with zero attached hydrogens (tertiary/aromatic N) is 4. The quantitative estimate of drug-likeness (QED) is 0.774. The molecule has 0 radical (unpaired) electrons. The van der Waals surface area contributed by atoms with Crippen LogP contribution in [0.2, 0.25) is 0 Å². The van der Waals surface area contributed by atoms with Gasteiger partial charge in [0.15, 0.2) is 0 Å². The molecule has 1 aromatic carbocycles. The molecular weight excluding hydrogens is 394 g/mol. The molecule has 158 valence electrons. The van der Waals surface area contributed by atoms with Crippen LogP contribution in [0.1, 0.15) is 35.7 Å². The first-order valence-electron chi connectivity index (χ1n) is 9.53. The normalized spacial score (nSPS) is 16.1. The summed E-state index contributed by atoms with van der Waals surface area (Å²) in [6.45, 7) is 4.52. The van der Waals surface area contributed by atoms with Crippen LogP contribution in [-0.2, 0) is 28.4 Å². The van der Waals surface area contributed by atoms with Crippen LogP contribution in [0.5, 0.6) is 0 Å². The minimum Gasteiger partial charge on any atom is -0.324 e. The Bertz CT molecular complexity index is 1080. The van der Waals surface area contributed by atoms with Gasteiger partial charge in [-0.15, -0.1) is 0 Å². The number of amides is 1. The monoisotopic (exact) mass is 421 g/mol. The van der Waals surface area contributed by atoms with Crippen LogP contribution in [0.25, 0.3) is 0 Å². The molecular formula is C19H27N5O4S. The Labute approximate surface area is 170 Å². The van der Waals surface area contributed by atoms with E-state index >= 15 is 0 Å². The molecule has 9 nitrogen and oxygen atoms in total. The van der Waals surface area contributed by atoms with Gasteiger partial charge in [0.25, 0.3) is 0 Å². The lowest BCUT2D eigenvalue weighted by molar-refractivity contribution is -0.117. The van der Waals surface area contributed by atoms with E-state index < -0.39 is 10.0 Å². The van der Waals surface area contributed by atoms with Gasteiger partial charge in [0, 0.05) is 31.7 Å². The maximum atomic E-state index is 12.5. The highest BCUT2D eigenvalue weighted by molar-refractivity contribution is 7.88. The van der Waals surface area contributed by atoms with Crippen molar-refractivity contribution in [3.8, 4) is 0 Å². The third-order valence-electron chi connectivity index (χ3n) is 5.53. The zero-order valence-electron chi connectivity index (χ0n) is 17.2. The third-order valence-corrected chi connectivity index (χ3v) is 6.84. The number of aromatic nitrogens is 3. The highest BCUT2D eigenvalue weighted by atomic mass is 32.2. The topological polar surface area (TPSA) is 106 Å². The van der Waals surface area contributed by atoms with Crippen molar-refractivity contribution in [2.24, 2.45) is 7.05 Å². The number of anilines is 1. The SMILES string of the molecule is Cc1cccc(NC(=O)Cn2nc(C3CCN(S(C)(=O)=O)CC3)n(C)c2=O)c1C. The summed E-state index contributed by atoms with van der Waals surface area (Å²) in [5.74, 6) is 0.245. The fourth-order valence-electron chi connectivity index (χ4n) is 3.62. The summed E-state index contributed by atoms with van der Waals surface area (Å²) >= 11 is 0. The summed E-state index contributed by atoms with van der Waals surface area (Å²) in [4.78, 5) is 25.0. The van der Waals surface area contributed by atoms with Crippen LogP contribution in [0, 0.1) is 13.8 Å². The van der Waals surface area contributed by atoms with Crippen molar-refractivity contribution < 1.29 is 13.2 Å². The van der Waals surface area contributed by atoms with E-state index in [-0.39, 0.29) is 24.1 Å². The molecule has 0 atom stereocenters. The molecule has 3 rings (SSSR count). The van der Waals surface area contributed by atoms with E-state index in [0.29, 0.717) is 37.4 Å². The highest BCUT2D eigenvalue weighted by Gasteiger charge is 2.29. The second kappa shape index (κ2) is 8.11. The van der Waals surface area contributed by atoms with Crippen LogP contribution in [-0.4, -0.2) is 52.3 Å². The summed E-state index contributed by atoms with van der Waals surface area (Å²) in [5, 5.41) is 7.22. The molecule has 1 N–H and O–H groups in total. The first-order valence-corrected chi connectivity index (χ1v) is 11.4. The first kappa shape index (κ1) is 21.3. The molecule has 0 aliphatic carbocycles. The zero-order valence-corrected chi connectivity index (χ0v) is 18.0. The van der Waals surface area contributed by atoms with Gasteiger partial charge in [-0.1, -0.05) is 12.1 Å². The van der Waals surface area contributed by atoms with Crippen LogP contribution >= 0.6 is 0 Å². The van der Waals surface area contributed by atoms with Gasteiger partial charge >= 0.3 is 5.69 Å². The van der Waals surface area contributed by atoms with Crippen molar-refractivity contribution in [3.63, 3.8) is 0 Å². The van der Waals surface area contributed by atoms with Crippen molar-refractivity contribution in [3.05, 3.63) is 45.6 Å². The lowest BCUT2D eigenvalue weighted by Crippen LogP contribution is -2.37. The maximum Gasteiger partial charge on any atom is 0.346 e. The molecule has 29 heavy (non-hydrogen) atoms. The predicted molar refractivity (Wildman–Crippen MR) is 110 cm³/mol. The van der Waals surface area contributed by atoms with Crippen LogP contribution in [0.15, 0.2) is 23.0 Å². The van der Waals surface area contributed by atoms with Crippen LogP contribution in [0.3, 0.4) is 0 Å². The number of nitrogens with one attached hydrogen (secondary N) is 1. The second-order valence-corrected chi connectivity index (χ2v) is 9.57. The summed E-state index contributed by atoms with van der Waals surface area (Å²) in [5.41, 5.74) is 2.40. The molecule has 0 bridgehead atoms. The van der Waals surface area contributed by atoms with E-state index in [1.54, 1.807) is 7.05 Å². The van der Waals surface area contributed by atoms with Crippen LogP contribution < -0.4 is 11.0 Å². The Morgan fingerprint density at radius 1 is 1.24 bits per heavy atom. The molecule has 1 aliphatic rings. The van der Waals surface area contributed by atoms with E-state index in [1.807, 2.05) is 32.0 Å². The zero-order chi connectivity index (χ0) is 21.3. The van der Waals surface area contributed by atoms with Crippen molar-refractivity contribution in [1.29, 1.82) is 0 Å². The molecule has 1 aromatic heterocycles. The average molecular weight is 422 g/mol. The number of carbonyl (C=O) groups excluding carboxylic acids is 1. The first-order chi connectivity index (χ1) is 13.6. The minimum atomic E-state index is -3.21. The van der Waals surface area contributed by atoms with Crippen molar-refractivity contribution in [2.45, 2.75) is 39.2 Å². The highest BCUT2D eigenvalue weighted by Crippen LogP contribution is 2.26. The van der Waals surface area contributed by atoms with Crippen molar-refractivity contribution in [2.75, 3.05) is 24.7 Å². The van der Waals surface area contributed by atoms with Crippen LogP contribution in [0.4, 0.5) is 5.69 Å². The summed E-state index contributed by atoms with van der Waals surface area (Å²) in [7, 11) is -1.58. The fraction of sp³-hybridized carbons (Fsp3) is 0.526. The lowest BCUT2D eigenvalue weighted by Gasteiger charge is -2.29.